The van der Waals surface area contributed by atoms with Crippen LogP contribution in [0.2, 0.25) is 0 Å². The largest absolute Gasteiger partial charge is 0.486 e. The molecule has 0 saturated carbocycles. The van der Waals surface area contributed by atoms with Gasteiger partial charge < -0.3 is 19.5 Å². The number of hydrogen-bond acceptors (Lipinski definition) is 4. The van der Waals surface area contributed by atoms with Gasteiger partial charge in [0.25, 0.3) is 0 Å². The zero-order valence-corrected chi connectivity index (χ0v) is 12.8. The van der Waals surface area contributed by atoms with Crippen LogP contribution in [0.15, 0.2) is 18.2 Å². The third kappa shape index (κ3) is 3.50. The number of ether oxygens (including phenoxy) is 3. The zero-order valence-electron chi connectivity index (χ0n) is 12.8. The topological polar surface area (TPSA) is 39.7 Å². The van der Waals surface area contributed by atoms with Gasteiger partial charge in [-0.1, -0.05) is 13.0 Å². The smallest absolute Gasteiger partial charge is 0.161 e. The van der Waals surface area contributed by atoms with Crippen LogP contribution in [0.5, 0.6) is 11.5 Å². The van der Waals surface area contributed by atoms with Crippen LogP contribution in [0.25, 0.3) is 0 Å². The van der Waals surface area contributed by atoms with Crippen LogP contribution < -0.4 is 14.8 Å². The number of rotatable bonds is 5. The van der Waals surface area contributed by atoms with Gasteiger partial charge in [-0.3, -0.25) is 0 Å². The Hall–Kier alpha value is -1.26. The number of benzene rings is 1. The lowest BCUT2D eigenvalue weighted by Gasteiger charge is -2.33. The molecule has 0 aromatic heterocycles. The first kappa shape index (κ1) is 14.7. The van der Waals surface area contributed by atoms with Gasteiger partial charge in [0.2, 0.25) is 0 Å². The molecule has 2 atom stereocenters. The summed E-state index contributed by atoms with van der Waals surface area (Å²) in [4.78, 5) is 0. The van der Waals surface area contributed by atoms with E-state index in [4.69, 9.17) is 14.2 Å². The van der Waals surface area contributed by atoms with Crippen molar-refractivity contribution in [1.29, 1.82) is 0 Å². The van der Waals surface area contributed by atoms with Crippen molar-refractivity contribution in [3.8, 4) is 11.5 Å². The van der Waals surface area contributed by atoms with Gasteiger partial charge in [-0.2, -0.15) is 0 Å². The monoisotopic (exact) mass is 291 g/mol. The van der Waals surface area contributed by atoms with E-state index in [1.165, 1.54) is 18.4 Å². The average molecular weight is 291 g/mol. The summed E-state index contributed by atoms with van der Waals surface area (Å²) in [6, 6.07) is 6.23. The van der Waals surface area contributed by atoms with Gasteiger partial charge in [-0.15, -0.1) is 0 Å². The van der Waals surface area contributed by atoms with Crippen molar-refractivity contribution in [3.63, 3.8) is 0 Å². The molecule has 2 heterocycles. The lowest BCUT2D eigenvalue weighted by molar-refractivity contribution is -0.0279. The van der Waals surface area contributed by atoms with Crippen LogP contribution in [-0.4, -0.2) is 32.9 Å². The molecular weight excluding hydrogens is 266 g/mol. The van der Waals surface area contributed by atoms with Crippen molar-refractivity contribution in [3.05, 3.63) is 23.8 Å². The summed E-state index contributed by atoms with van der Waals surface area (Å²) in [5, 5.41) is 3.53. The predicted octanol–water partition coefficient (Wildman–Crippen LogP) is 2.93. The second-order valence-electron chi connectivity index (χ2n) is 5.80. The molecule has 116 valence electrons. The third-order valence-electron chi connectivity index (χ3n) is 4.17. The van der Waals surface area contributed by atoms with Crippen molar-refractivity contribution in [2.24, 2.45) is 5.92 Å². The number of fused-ring (bicyclic) bond motifs is 1. The molecule has 3 rings (SSSR count). The molecule has 2 aliphatic rings. The van der Waals surface area contributed by atoms with Crippen LogP contribution in [0.3, 0.4) is 0 Å². The van der Waals surface area contributed by atoms with Crippen LogP contribution in [0.1, 0.15) is 37.9 Å². The normalized spacial score (nSPS) is 24.8. The van der Waals surface area contributed by atoms with E-state index in [1.807, 2.05) is 6.07 Å². The Bertz CT molecular complexity index is 463. The van der Waals surface area contributed by atoms with Crippen molar-refractivity contribution in [1.82, 2.24) is 5.32 Å². The summed E-state index contributed by atoms with van der Waals surface area (Å²) in [5.41, 5.74) is 1.21. The Labute approximate surface area is 126 Å². The van der Waals surface area contributed by atoms with E-state index in [9.17, 15) is 0 Å². The summed E-state index contributed by atoms with van der Waals surface area (Å²) in [5.74, 6) is 2.24. The second kappa shape index (κ2) is 7.14. The molecule has 0 aliphatic carbocycles. The Kier molecular flexibility index (Phi) is 4.99. The first-order valence-electron chi connectivity index (χ1n) is 8.10. The zero-order chi connectivity index (χ0) is 14.5. The summed E-state index contributed by atoms with van der Waals surface area (Å²) in [6.45, 7) is 6.41. The lowest BCUT2D eigenvalue weighted by atomic mass is 9.89. The van der Waals surface area contributed by atoms with Crippen LogP contribution in [-0.2, 0) is 4.74 Å². The molecule has 1 aromatic rings. The minimum Gasteiger partial charge on any atom is -0.486 e. The van der Waals surface area contributed by atoms with E-state index in [2.05, 4.69) is 24.4 Å². The number of nitrogens with one attached hydrogen (secondary N) is 1. The Balaban J connectivity index is 1.73. The maximum absolute atomic E-state index is 6.06. The molecule has 21 heavy (non-hydrogen) atoms. The predicted molar refractivity (Wildman–Crippen MR) is 82.0 cm³/mol. The number of hydrogen-bond donors (Lipinski definition) is 1. The summed E-state index contributed by atoms with van der Waals surface area (Å²) in [6.07, 6.45) is 3.70. The fourth-order valence-electron chi connectivity index (χ4n) is 3.12. The SMILES string of the molecule is CCCNCC1CCCOC1c1ccc2c(c1)OCCO2. The third-order valence-corrected chi connectivity index (χ3v) is 4.17. The van der Waals surface area contributed by atoms with Crippen LogP contribution in [0.4, 0.5) is 0 Å². The van der Waals surface area contributed by atoms with E-state index in [0.29, 0.717) is 19.1 Å². The minimum atomic E-state index is 0.166. The van der Waals surface area contributed by atoms with Gasteiger partial charge in [-0.05, 0) is 43.5 Å². The molecule has 4 nitrogen and oxygen atoms in total. The maximum Gasteiger partial charge on any atom is 0.161 e. The van der Waals surface area contributed by atoms with Crippen molar-refractivity contribution < 1.29 is 14.2 Å². The Morgan fingerprint density at radius 1 is 1.14 bits per heavy atom. The van der Waals surface area contributed by atoms with Crippen molar-refractivity contribution in [2.75, 3.05) is 32.9 Å². The van der Waals surface area contributed by atoms with Gasteiger partial charge >= 0.3 is 0 Å². The van der Waals surface area contributed by atoms with Gasteiger partial charge in [0, 0.05) is 19.1 Å². The fourth-order valence-corrected chi connectivity index (χ4v) is 3.12. The molecule has 0 bridgehead atoms. The molecule has 0 amide bonds. The Morgan fingerprint density at radius 2 is 2.00 bits per heavy atom. The highest BCUT2D eigenvalue weighted by Crippen LogP contribution is 2.38. The maximum atomic E-state index is 6.06. The van der Waals surface area contributed by atoms with Gasteiger partial charge in [0.05, 0.1) is 6.10 Å². The molecule has 1 fully saturated rings. The van der Waals surface area contributed by atoms with Gasteiger partial charge in [-0.25, -0.2) is 0 Å². The minimum absolute atomic E-state index is 0.166. The van der Waals surface area contributed by atoms with E-state index in [-0.39, 0.29) is 6.10 Å². The van der Waals surface area contributed by atoms with E-state index in [1.54, 1.807) is 0 Å². The molecular formula is C17H25NO3. The highest BCUT2D eigenvalue weighted by Gasteiger charge is 2.28. The van der Waals surface area contributed by atoms with Gasteiger partial charge in [0.1, 0.15) is 13.2 Å². The first-order chi connectivity index (χ1) is 10.4. The van der Waals surface area contributed by atoms with Crippen molar-refractivity contribution in [2.45, 2.75) is 32.3 Å². The van der Waals surface area contributed by atoms with E-state index in [0.717, 1.165) is 37.6 Å². The molecule has 0 radical (unpaired) electrons. The Morgan fingerprint density at radius 3 is 2.86 bits per heavy atom. The first-order valence-corrected chi connectivity index (χ1v) is 8.10. The van der Waals surface area contributed by atoms with Crippen LogP contribution >= 0.6 is 0 Å². The standard InChI is InChI=1S/C17H25NO3/c1-2-7-18-12-14-4-3-8-21-17(14)13-5-6-15-16(11-13)20-10-9-19-15/h5-6,11,14,17-18H,2-4,7-10,12H2,1H3. The van der Waals surface area contributed by atoms with Crippen LogP contribution in [0, 0.1) is 5.92 Å². The van der Waals surface area contributed by atoms with Crippen molar-refractivity contribution >= 4 is 0 Å². The summed E-state index contributed by atoms with van der Waals surface area (Å²) >= 11 is 0. The molecule has 4 heteroatoms. The molecule has 1 aromatic carbocycles. The summed E-state index contributed by atoms with van der Waals surface area (Å²) in [7, 11) is 0. The highest BCUT2D eigenvalue weighted by atomic mass is 16.6. The highest BCUT2D eigenvalue weighted by molar-refractivity contribution is 5.44. The quantitative estimate of drug-likeness (QED) is 0.847. The van der Waals surface area contributed by atoms with E-state index < -0.39 is 0 Å². The lowest BCUT2D eigenvalue weighted by Crippen LogP contribution is -2.32. The van der Waals surface area contributed by atoms with Gasteiger partial charge in [0.15, 0.2) is 11.5 Å². The van der Waals surface area contributed by atoms with E-state index >= 15 is 0 Å². The molecule has 2 unspecified atom stereocenters. The fraction of sp³-hybridized carbons (Fsp3) is 0.647. The summed E-state index contributed by atoms with van der Waals surface area (Å²) < 4.78 is 17.3. The molecule has 1 saturated heterocycles. The molecule has 1 N–H and O–H groups in total. The molecule has 0 spiro atoms. The average Bonchev–Trinajstić information content (AvgIpc) is 2.55. The molecule has 2 aliphatic heterocycles. The second-order valence-corrected chi connectivity index (χ2v) is 5.80.